The van der Waals surface area contributed by atoms with Crippen LogP contribution in [-0.4, -0.2) is 4.57 Å². The summed E-state index contributed by atoms with van der Waals surface area (Å²) < 4.78 is 2.40. The molecule has 0 bridgehead atoms. The van der Waals surface area contributed by atoms with Gasteiger partial charge in [-0.25, -0.2) is 0 Å². The van der Waals surface area contributed by atoms with Gasteiger partial charge in [-0.15, -0.1) is 0 Å². The van der Waals surface area contributed by atoms with Crippen LogP contribution in [0.5, 0.6) is 0 Å². The average molecular weight is 715 g/mol. The first-order valence-corrected chi connectivity index (χ1v) is 19.2. The summed E-state index contributed by atoms with van der Waals surface area (Å²) in [6.45, 7) is 0. The fraction of sp³-hybridized carbons (Fsp3) is 0. The van der Waals surface area contributed by atoms with Crippen LogP contribution in [0.25, 0.3) is 83.1 Å². The largest absolute Gasteiger partial charge is 0.355 e. The number of hydrogen-bond donors (Lipinski definition) is 1. The molecule has 0 saturated carbocycles. The second-order valence-corrected chi connectivity index (χ2v) is 14.3. The van der Waals surface area contributed by atoms with Crippen LogP contribution in [0, 0.1) is 0 Å². The molecular formula is C54H38N2. The van der Waals surface area contributed by atoms with E-state index in [1.165, 1.54) is 66.3 Å². The fourth-order valence-electron chi connectivity index (χ4n) is 8.03. The van der Waals surface area contributed by atoms with Crippen LogP contribution < -0.4 is 5.32 Å². The van der Waals surface area contributed by atoms with E-state index in [-0.39, 0.29) is 0 Å². The maximum Gasteiger partial charge on any atom is 0.0541 e. The molecule has 10 rings (SSSR count). The van der Waals surface area contributed by atoms with Gasteiger partial charge in [0.2, 0.25) is 0 Å². The van der Waals surface area contributed by atoms with Crippen molar-refractivity contribution in [2.24, 2.45) is 0 Å². The molecule has 1 heterocycles. The van der Waals surface area contributed by atoms with E-state index in [4.69, 9.17) is 0 Å². The number of hydrogen-bond acceptors (Lipinski definition) is 1. The maximum atomic E-state index is 3.91. The zero-order chi connectivity index (χ0) is 37.3. The Morgan fingerprint density at radius 1 is 0.286 bits per heavy atom. The van der Waals surface area contributed by atoms with E-state index in [1.54, 1.807) is 0 Å². The van der Waals surface area contributed by atoms with Gasteiger partial charge in [-0.2, -0.15) is 0 Å². The van der Waals surface area contributed by atoms with E-state index in [2.05, 4.69) is 234 Å². The summed E-state index contributed by atoms with van der Waals surface area (Å²) in [6.07, 6.45) is 0. The average Bonchev–Trinajstić information content (AvgIpc) is 3.61. The van der Waals surface area contributed by atoms with Crippen molar-refractivity contribution in [1.29, 1.82) is 0 Å². The first-order valence-electron chi connectivity index (χ1n) is 19.2. The number of aromatic nitrogens is 1. The van der Waals surface area contributed by atoms with Crippen LogP contribution in [-0.2, 0) is 0 Å². The molecule has 2 nitrogen and oxygen atoms in total. The summed E-state index contributed by atoms with van der Waals surface area (Å²) in [5.41, 5.74) is 17.4. The molecule has 9 aromatic carbocycles. The van der Waals surface area contributed by atoms with Crippen molar-refractivity contribution in [3.8, 4) is 61.3 Å². The van der Waals surface area contributed by atoms with E-state index in [9.17, 15) is 0 Å². The Balaban J connectivity index is 1.10. The number of fused-ring (bicyclic) bond motifs is 3. The lowest BCUT2D eigenvalue weighted by atomic mass is 9.96. The SMILES string of the molecule is c1ccc(-c2cc(Nc3cc(-c4ccc5c(c4)c4ccccc4n5-c4cccc(-c5ccccc5)c4)ccc3-c3ccccc3)cc(-c3ccccc3)c2)cc1. The quantitative estimate of drug-likeness (QED) is 0.166. The van der Waals surface area contributed by atoms with Crippen LogP contribution in [0.1, 0.15) is 0 Å². The first-order chi connectivity index (χ1) is 27.7. The molecule has 264 valence electrons. The molecule has 0 spiro atoms. The summed E-state index contributed by atoms with van der Waals surface area (Å²) in [5, 5.41) is 6.37. The van der Waals surface area contributed by atoms with Gasteiger partial charge in [-0.05, 0) is 105 Å². The molecule has 0 aliphatic heterocycles. The molecule has 0 fully saturated rings. The minimum Gasteiger partial charge on any atom is -0.355 e. The van der Waals surface area contributed by atoms with Crippen molar-refractivity contribution in [2.45, 2.75) is 0 Å². The summed E-state index contributed by atoms with van der Waals surface area (Å²) in [7, 11) is 0. The predicted molar refractivity (Wildman–Crippen MR) is 238 cm³/mol. The maximum absolute atomic E-state index is 3.91. The molecule has 0 aliphatic carbocycles. The Bertz CT molecular complexity index is 2910. The van der Waals surface area contributed by atoms with Gasteiger partial charge in [-0.3, -0.25) is 0 Å². The molecule has 0 aliphatic rings. The molecule has 1 N–H and O–H groups in total. The highest BCUT2D eigenvalue weighted by molar-refractivity contribution is 6.10. The number of nitrogens with one attached hydrogen (secondary N) is 1. The molecular weight excluding hydrogens is 677 g/mol. The fourth-order valence-corrected chi connectivity index (χ4v) is 8.03. The number of nitrogens with zero attached hydrogens (tertiary/aromatic N) is 1. The molecule has 56 heavy (non-hydrogen) atoms. The second kappa shape index (κ2) is 14.4. The van der Waals surface area contributed by atoms with Gasteiger partial charge in [0.25, 0.3) is 0 Å². The summed E-state index contributed by atoms with van der Waals surface area (Å²) in [6, 6.07) is 80.7. The van der Waals surface area contributed by atoms with E-state index in [1.807, 2.05) is 0 Å². The van der Waals surface area contributed by atoms with Gasteiger partial charge in [-0.1, -0.05) is 170 Å². The van der Waals surface area contributed by atoms with Crippen molar-refractivity contribution < 1.29 is 0 Å². The molecule has 0 amide bonds. The predicted octanol–water partition coefficient (Wildman–Crippen LogP) is 14.9. The number of rotatable bonds is 8. The van der Waals surface area contributed by atoms with E-state index >= 15 is 0 Å². The molecule has 0 atom stereocenters. The zero-order valence-corrected chi connectivity index (χ0v) is 30.8. The Morgan fingerprint density at radius 2 is 0.786 bits per heavy atom. The number of anilines is 2. The van der Waals surface area contributed by atoms with Gasteiger partial charge in [0.05, 0.1) is 11.0 Å². The minimum absolute atomic E-state index is 1.04. The topological polar surface area (TPSA) is 17.0 Å². The van der Waals surface area contributed by atoms with E-state index in [0.29, 0.717) is 0 Å². The zero-order valence-electron chi connectivity index (χ0n) is 30.8. The number of benzene rings is 9. The van der Waals surface area contributed by atoms with Crippen molar-refractivity contribution in [3.63, 3.8) is 0 Å². The lowest BCUT2D eigenvalue weighted by Crippen LogP contribution is -1.96. The Morgan fingerprint density at radius 3 is 1.45 bits per heavy atom. The molecule has 0 unspecified atom stereocenters. The standard InChI is InChI=1S/C54H38N2/c1-5-16-38(17-6-1)42-24-15-25-48(35-42)56-53-27-14-13-26-50(53)51-36-43(29-31-54(51)56)44-28-30-49(41-22-11-4-12-23-41)52(37-44)55-47-33-45(39-18-7-2-8-19-39)32-46(34-47)40-20-9-3-10-21-40/h1-37,55H. The van der Waals surface area contributed by atoms with Gasteiger partial charge in [0.15, 0.2) is 0 Å². The highest BCUT2D eigenvalue weighted by Gasteiger charge is 2.16. The highest BCUT2D eigenvalue weighted by atomic mass is 15.0. The molecule has 10 aromatic rings. The van der Waals surface area contributed by atoms with Gasteiger partial charge in [0.1, 0.15) is 0 Å². The Labute approximate surface area is 327 Å². The lowest BCUT2D eigenvalue weighted by molar-refractivity contribution is 1.18. The Hall–Kier alpha value is -7.42. The van der Waals surface area contributed by atoms with Crippen LogP contribution in [0.15, 0.2) is 224 Å². The number of para-hydroxylation sites is 1. The smallest absolute Gasteiger partial charge is 0.0541 e. The van der Waals surface area contributed by atoms with Crippen molar-refractivity contribution in [3.05, 3.63) is 224 Å². The first kappa shape index (κ1) is 33.2. The van der Waals surface area contributed by atoms with E-state index in [0.717, 1.165) is 28.2 Å². The highest BCUT2D eigenvalue weighted by Crippen LogP contribution is 2.40. The summed E-state index contributed by atoms with van der Waals surface area (Å²) >= 11 is 0. The van der Waals surface area contributed by atoms with Gasteiger partial charge < -0.3 is 9.88 Å². The normalized spacial score (nSPS) is 11.2. The minimum atomic E-state index is 1.04. The molecule has 0 radical (unpaired) electrons. The second-order valence-electron chi connectivity index (χ2n) is 14.3. The monoisotopic (exact) mass is 714 g/mol. The van der Waals surface area contributed by atoms with E-state index < -0.39 is 0 Å². The van der Waals surface area contributed by atoms with Crippen molar-refractivity contribution in [1.82, 2.24) is 4.57 Å². The van der Waals surface area contributed by atoms with Crippen LogP contribution in [0.2, 0.25) is 0 Å². The van der Waals surface area contributed by atoms with Crippen LogP contribution >= 0.6 is 0 Å². The lowest BCUT2D eigenvalue weighted by Gasteiger charge is -2.17. The molecule has 2 heteroatoms. The molecule has 1 aromatic heterocycles. The third-order valence-corrected chi connectivity index (χ3v) is 10.7. The Kier molecular flexibility index (Phi) is 8.55. The molecule has 0 saturated heterocycles. The summed E-state index contributed by atoms with van der Waals surface area (Å²) in [4.78, 5) is 0. The van der Waals surface area contributed by atoms with Crippen molar-refractivity contribution in [2.75, 3.05) is 5.32 Å². The van der Waals surface area contributed by atoms with Crippen LogP contribution in [0.4, 0.5) is 11.4 Å². The van der Waals surface area contributed by atoms with Gasteiger partial charge >= 0.3 is 0 Å². The summed E-state index contributed by atoms with van der Waals surface area (Å²) in [5.74, 6) is 0. The van der Waals surface area contributed by atoms with Crippen molar-refractivity contribution >= 4 is 33.2 Å². The third kappa shape index (κ3) is 6.34. The van der Waals surface area contributed by atoms with Crippen LogP contribution in [0.3, 0.4) is 0 Å². The van der Waals surface area contributed by atoms with Gasteiger partial charge in [0, 0.05) is 33.4 Å². The third-order valence-electron chi connectivity index (χ3n) is 10.7.